The summed E-state index contributed by atoms with van der Waals surface area (Å²) in [5.41, 5.74) is 5.18. The molecule has 1 saturated heterocycles. The average molecular weight is 369 g/mol. The molecule has 2 aromatic heterocycles. The van der Waals surface area contributed by atoms with Gasteiger partial charge in [0.1, 0.15) is 0 Å². The number of thiocarbonyl (C=S) groups is 1. The van der Waals surface area contributed by atoms with E-state index in [1.807, 2.05) is 18.3 Å². The third kappa shape index (κ3) is 2.92. The molecule has 2 aliphatic rings. The van der Waals surface area contributed by atoms with Crippen molar-refractivity contribution < 1.29 is 0 Å². The van der Waals surface area contributed by atoms with Gasteiger partial charge in [0, 0.05) is 30.7 Å². The number of hydrogen-bond acceptors (Lipinski definition) is 2. The molecule has 0 spiro atoms. The Balaban J connectivity index is 1.74. The molecule has 3 heterocycles. The van der Waals surface area contributed by atoms with Gasteiger partial charge in [-0.05, 0) is 62.7 Å². The highest BCUT2D eigenvalue weighted by molar-refractivity contribution is 7.80. The third-order valence-electron chi connectivity index (χ3n) is 6.12. The van der Waals surface area contributed by atoms with Crippen LogP contribution in [0.15, 0.2) is 30.5 Å². The zero-order valence-corrected chi connectivity index (χ0v) is 16.7. The molecular weight excluding hydrogens is 340 g/mol. The topological polar surface area (TPSA) is 33.1 Å². The van der Waals surface area contributed by atoms with E-state index in [2.05, 4.69) is 52.8 Å². The van der Waals surface area contributed by atoms with Crippen LogP contribution < -0.4 is 5.32 Å². The van der Waals surface area contributed by atoms with Gasteiger partial charge in [-0.25, -0.2) is 0 Å². The number of aromatic nitrogens is 2. The minimum Gasteiger partial charge on any atom is -0.352 e. The van der Waals surface area contributed by atoms with Crippen LogP contribution in [0.2, 0.25) is 0 Å². The van der Waals surface area contributed by atoms with E-state index in [0.29, 0.717) is 6.04 Å². The zero-order chi connectivity index (χ0) is 18.3. The smallest absolute Gasteiger partial charge is 0.169 e. The molecule has 1 saturated carbocycles. The van der Waals surface area contributed by atoms with Gasteiger partial charge in [0.05, 0.1) is 17.8 Å². The van der Waals surface area contributed by atoms with Gasteiger partial charge in [-0.15, -0.1) is 0 Å². The number of hydrogen-bond donors (Lipinski definition) is 1. The summed E-state index contributed by atoms with van der Waals surface area (Å²) in [6, 6.07) is 9.40. The van der Waals surface area contributed by atoms with Gasteiger partial charge in [0.15, 0.2) is 5.11 Å². The molecule has 26 heavy (non-hydrogen) atoms. The van der Waals surface area contributed by atoms with Crippen LogP contribution in [-0.4, -0.2) is 26.6 Å². The summed E-state index contributed by atoms with van der Waals surface area (Å²) < 4.78 is 2.58. The Hall–Kier alpha value is -1.88. The van der Waals surface area contributed by atoms with E-state index in [4.69, 9.17) is 12.2 Å². The molecule has 2 fully saturated rings. The van der Waals surface area contributed by atoms with Crippen molar-refractivity contribution in [2.45, 2.75) is 64.1 Å². The summed E-state index contributed by atoms with van der Waals surface area (Å²) >= 11 is 5.58. The van der Waals surface area contributed by atoms with E-state index in [1.165, 1.54) is 49.1 Å². The fraction of sp³-hybridized carbons (Fsp3) is 0.524. The number of rotatable bonds is 3. The molecule has 0 amide bonds. The van der Waals surface area contributed by atoms with Crippen molar-refractivity contribution in [2.24, 2.45) is 0 Å². The maximum atomic E-state index is 5.58. The summed E-state index contributed by atoms with van der Waals surface area (Å²) in [5.74, 6) is 0. The summed E-state index contributed by atoms with van der Waals surface area (Å²) in [6.07, 6.45) is 8.55. The van der Waals surface area contributed by atoms with Crippen LogP contribution in [0.1, 0.15) is 72.9 Å². The van der Waals surface area contributed by atoms with Gasteiger partial charge in [-0.2, -0.15) is 0 Å². The predicted molar refractivity (Wildman–Crippen MR) is 109 cm³/mol. The first-order valence-corrected chi connectivity index (χ1v) is 10.1. The molecule has 4 nitrogen and oxygen atoms in total. The summed E-state index contributed by atoms with van der Waals surface area (Å²) in [7, 11) is 2.09. The van der Waals surface area contributed by atoms with Crippen molar-refractivity contribution in [3.05, 3.63) is 53.1 Å². The molecule has 1 N–H and O–H groups in total. The lowest BCUT2D eigenvalue weighted by molar-refractivity contribution is 0.339. The van der Waals surface area contributed by atoms with E-state index in [9.17, 15) is 0 Å². The molecule has 1 aliphatic carbocycles. The van der Waals surface area contributed by atoms with Crippen LogP contribution in [0.25, 0.3) is 0 Å². The number of pyridine rings is 1. The van der Waals surface area contributed by atoms with Gasteiger partial charge in [-0.3, -0.25) is 4.98 Å². The normalized spacial score (nSPS) is 24.1. The molecule has 2 atom stereocenters. The third-order valence-corrected chi connectivity index (χ3v) is 6.53. The van der Waals surface area contributed by atoms with Crippen molar-refractivity contribution in [3.8, 4) is 0 Å². The average Bonchev–Trinajstić information content (AvgIpc) is 3.12. The lowest BCUT2D eigenvalue weighted by Crippen LogP contribution is -2.25. The van der Waals surface area contributed by atoms with Crippen LogP contribution >= 0.6 is 12.2 Å². The largest absolute Gasteiger partial charge is 0.352 e. The van der Waals surface area contributed by atoms with Crippen molar-refractivity contribution in [1.29, 1.82) is 0 Å². The monoisotopic (exact) mass is 368 g/mol. The Morgan fingerprint density at radius 2 is 1.92 bits per heavy atom. The molecule has 2 unspecified atom stereocenters. The maximum absolute atomic E-state index is 5.58. The summed E-state index contributed by atoms with van der Waals surface area (Å²) in [5, 5.41) is 4.29. The lowest BCUT2D eigenvalue weighted by atomic mass is 9.94. The number of aryl methyl sites for hydroxylation is 1. The molecule has 5 heteroatoms. The summed E-state index contributed by atoms with van der Waals surface area (Å²) in [4.78, 5) is 6.79. The summed E-state index contributed by atoms with van der Waals surface area (Å²) in [6.45, 7) is 4.53. The standard InChI is InChI=1S/C21H28N4S/c1-14-13-17(15(2)25(14)16-9-5-4-6-10-16)20-19(23-21(26)24(20)3)18-11-7-8-12-22-18/h7-8,11-13,16,19-20H,4-6,9-10H2,1-3H3,(H,23,26). The van der Waals surface area contributed by atoms with E-state index in [0.717, 1.165) is 10.8 Å². The van der Waals surface area contributed by atoms with Gasteiger partial charge < -0.3 is 14.8 Å². The molecule has 0 aromatic carbocycles. The maximum Gasteiger partial charge on any atom is 0.169 e. The molecule has 4 rings (SSSR count). The van der Waals surface area contributed by atoms with Crippen LogP contribution in [0.3, 0.4) is 0 Å². The van der Waals surface area contributed by atoms with Gasteiger partial charge >= 0.3 is 0 Å². The minimum atomic E-state index is 0.0917. The van der Waals surface area contributed by atoms with Crippen molar-refractivity contribution in [2.75, 3.05) is 7.05 Å². The molecular formula is C21H28N4S. The Morgan fingerprint density at radius 1 is 1.15 bits per heavy atom. The molecule has 1 aliphatic heterocycles. The van der Waals surface area contributed by atoms with E-state index in [-0.39, 0.29) is 12.1 Å². The Kier molecular flexibility index (Phi) is 4.74. The van der Waals surface area contributed by atoms with Crippen LogP contribution in [0.5, 0.6) is 0 Å². The number of likely N-dealkylation sites (N-methyl/N-ethyl adjacent to an activating group) is 1. The molecule has 138 valence electrons. The number of nitrogens with one attached hydrogen (secondary N) is 1. The first kappa shape index (κ1) is 17.5. The van der Waals surface area contributed by atoms with E-state index >= 15 is 0 Å². The molecule has 0 radical (unpaired) electrons. The Bertz CT molecular complexity index is 792. The SMILES string of the molecule is Cc1cc(C2C(c3ccccn3)NC(=S)N2C)c(C)n1C1CCCCC1. The first-order chi connectivity index (χ1) is 12.6. The van der Waals surface area contributed by atoms with Gasteiger partial charge in [-0.1, -0.05) is 25.3 Å². The fourth-order valence-corrected chi connectivity index (χ4v) is 5.09. The highest BCUT2D eigenvalue weighted by atomic mass is 32.1. The molecule has 2 aromatic rings. The van der Waals surface area contributed by atoms with Crippen LogP contribution in [-0.2, 0) is 0 Å². The van der Waals surface area contributed by atoms with E-state index < -0.39 is 0 Å². The van der Waals surface area contributed by atoms with Crippen molar-refractivity contribution in [1.82, 2.24) is 19.8 Å². The van der Waals surface area contributed by atoms with Gasteiger partial charge in [0.2, 0.25) is 0 Å². The van der Waals surface area contributed by atoms with Crippen molar-refractivity contribution >= 4 is 17.3 Å². The lowest BCUT2D eigenvalue weighted by Gasteiger charge is -2.28. The second kappa shape index (κ2) is 7.03. The van der Waals surface area contributed by atoms with Crippen molar-refractivity contribution in [3.63, 3.8) is 0 Å². The Morgan fingerprint density at radius 3 is 2.62 bits per heavy atom. The first-order valence-electron chi connectivity index (χ1n) is 9.70. The van der Waals surface area contributed by atoms with Crippen LogP contribution in [0, 0.1) is 13.8 Å². The highest BCUT2D eigenvalue weighted by Gasteiger charge is 2.39. The molecule has 0 bridgehead atoms. The minimum absolute atomic E-state index is 0.0917. The zero-order valence-electron chi connectivity index (χ0n) is 15.9. The predicted octanol–water partition coefficient (Wildman–Crippen LogP) is 4.61. The quantitative estimate of drug-likeness (QED) is 0.802. The van der Waals surface area contributed by atoms with Gasteiger partial charge in [0.25, 0.3) is 0 Å². The second-order valence-corrected chi connectivity index (χ2v) is 8.11. The number of nitrogens with zero attached hydrogens (tertiary/aromatic N) is 3. The highest BCUT2D eigenvalue weighted by Crippen LogP contribution is 2.41. The fourth-order valence-electron chi connectivity index (χ4n) is 4.85. The Labute approximate surface area is 161 Å². The second-order valence-electron chi connectivity index (χ2n) is 7.73. The van der Waals surface area contributed by atoms with Crippen LogP contribution in [0.4, 0.5) is 0 Å². The van der Waals surface area contributed by atoms with E-state index in [1.54, 1.807) is 0 Å².